The van der Waals surface area contributed by atoms with Crippen molar-refractivity contribution in [3.63, 3.8) is 0 Å². The van der Waals surface area contributed by atoms with Crippen molar-refractivity contribution >= 4 is 16.8 Å². The van der Waals surface area contributed by atoms with Crippen LogP contribution in [0.1, 0.15) is 31.2 Å². The Morgan fingerprint density at radius 2 is 1.91 bits per heavy atom. The first-order valence-electron chi connectivity index (χ1n) is 12.7. The van der Waals surface area contributed by atoms with Crippen molar-refractivity contribution in [1.82, 2.24) is 15.0 Å². The van der Waals surface area contributed by atoms with Gasteiger partial charge < -0.3 is 14.2 Å². The molecule has 180 valence electrons. The molecule has 2 aromatic carbocycles. The maximum absolute atomic E-state index is 13.5. The smallest absolute Gasteiger partial charge is 0.180 e. The minimum Gasteiger partial charge on any atom is -0.493 e. The number of rotatable bonds is 6. The summed E-state index contributed by atoms with van der Waals surface area (Å²) < 4.78 is 25.1. The molecule has 4 heterocycles. The Morgan fingerprint density at radius 1 is 1.00 bits per heavy atom. The van der Waals surface area contributed by atoms with E-state index in [1.807, 2.05) is 0 Å². The number of nitrogens with zero attached hydrogens (tertiary/aromatic N) is 4. The molecule has 6 rings (SSSR count). The van der Waals surface area contributed by atoms with Crippen molar-refractivity contribution in [2.75, 3.05) is 50.8 Å². The van der Waals surface area contributed by atoms with Crippen LogP contribution >= 0.6 is 0 Å². The lowest BCUT2D eigenvalue weighted by molar-refractivity contribution is 0.0726. The summed E-state index contributed by atoms with van der Waals surface area (Å²) in [5.74, 6) is 2.10. The molecule has 0 bridgehead atoms. The molecule has 0 amide bonds. The summed E-state index contributed by atoms with van der Waals surface area (Å²) in [6, 6.07) is 13.8. The van der Waals surface area contributed by atoms with Gasteiger partial charge in [0.1, 0.15) is 11.6 Å². The molecule has 3 aromatic rings. The normalized spacial score (nSPS) is 24.0. The van der Waals surface area contributed by atoms with Gasteiger partial charge in [-0.1, -0.05) is 17.3 Å². The number of piperazine rings is 1. The number of ether oxygens (including phenoxy) is 1. The Bertz CT molecular complexity index is 1130. The zero-order valence-corrected chi connectivity index (χ0v) is 19.7. The van der Waals surface area contributed by atoms with Crippen LogP contribution in [0.4, 0.5) is 10.2 Å². The molecule has 0 spiro atoms. The van der Waals surface area contributed by atoms with Crippen LogP contribution < -0.4 is 9.64 Å². The third-order valence-corrected chi connectivity index (χ3v) is 7.71. The lowest BCUT2D eigenvalue weighted by Crippen LogP contribution is -2.57. The highest BCUT2D eigenvalue weighted by molar-refractivity contribution is 5.88. The molecule has 0 N–H and O–H groups in total. The zero-order chi connectivity index (χ0) is 22.9. The fraction of sp³-hybridized carbons (Fsp3) is 0.519. The number of fused-ring (bicyclic) bond motifs is 2. The number of hydrogen-bond acceptors (Lipinski definition) is 6. The summed E-state index contributed by atoms with van der Waals surface area (Å²) >= 11 is 0. The molecular formula is C27H33FN4O2. The highest BCUT2D eigenvalue weighted by Crippen LogP contribution is 2.32. The number of likely N-dealkylation sites (tertiary alicyclic amines) is 1. The molecule has 0 saturated carbocycles. The highest BCUT2D eigenvalue weighted by Gasteiger charge is 2.34. The highest BCUT2D eigenvalue weighted by atomic mass is 19.1. The average molecular weight is 465 g/mol. The number of halogens is 1. The summed E-state index contributed by atoms with van der Waals surface area (Å²) in [6.45, 7) is 8.16. The number of benzene rings is 2. The van der Waals surface area contributed by atoms with Crippen LogP contribution in [-0.2, 0) is 6.54 Å². The summed E-state index contributed by atoms with van der Waals surface area (Å²) in [5.41, 5.74) is 1.87. The summed E-state index contributed by atoms with van der Waals surface area (Å²) in [6.07, 6.45) is 4.97. The predicted molar refractivity (Wildman–Crippen MR) is 131 cm³/mol. The van der Waals surface area contributed by atoms with Gasteiger partial charge in [0.05, 0.1) is 12.0 Å². The van der Waals surface area contributed by atoms with Crippen LogP contribution in [0.2, 0.25) is 0 Å². The largest absolute Gasteiger partial charge is 0.493 e. The van der Waals surface area contributed by atoms with Gasteiger partial charge in [0.15, 0.2) is 11.4 Å². The molecule has 3 saturated heterocycles. The molecule has 3 fully saturated rings. The van der Waals surface area contributed by atoms with Crippen LogP contribution in [0.5, 0.6) is 5.75 Å². The van der Waals surface area contributed by atoms with E-state index in [0.29, 0.717) is 17.5 Å². The molecule has 0 aliphatic carbocycles. The molecular weight excluding hydrogens is 431 g/mol. The second-order valence-corrected chi connectivity index (χ2v) is 10.1. The second-order valence-electron chi connectivity index (χ2n) is 10.1. The van der Waals surface area contributed by atoms with E-state index < -0.39 is 0 Å². The molecule has 3 aliphatic heterocycles. The van der Waals surface area contributed by atoms with Crippen molar-refractivity contribution in [1.29, 1.82) is 0 Å². The van der Waals surface area contributed by atoms with Crippen LogP contribution in [0.25, 0.3) is 11.0 Å². The molecule has 7 heteroatoms. The van der Waals surface area contributed by atoms with Gasteiger partial charge in [-0.15, -0.1) is 0 Å². The van der Waals surface area contributed by atoms with Gasteiger partial charge in [-0.05, 0) is 68.6 Å². The second kappa shape index (κ2) is 9.55. The van der Waals surface area contributed by atoms with Gasteiger partial charge in [0, 0.05) is 50.7 Å². The first-order valence-corrected chi connectivity index (χ1v) is 12.7. The Morgan fingerprint density at radius 3 is 2.82 bits per heavy atom. The van der Waals surface area contributed by atoms with E-state index in [4.69, 9.17) is 9.26 Å². The van der Waals surface area contributed by atoms with Crippen molar-refractivity contribution in [2.24, 2.45) is 5.92 Å². The standard InChI is InChI=1S/C27H33FN4O2/c28-22-7-9-25-26(15-22)34-29-27(25)32-13-12-31-17-21(6-8-23(31)18-32)19-33-24-5-3-4-20(14-24)16-30-10-1-2-11-30/h3-5,7,9,14-15,21,23H,1-2,6,8,10-13,16-19H2/t21-,23-/m1/s1. The molecule has 0 unspecified atom stereocenters. The maximum Gasteiger partial charge on any atom is 0.180 e. The van der Waals surface area contributed by atoms with Crippen LogP contribution in [0, 0.1) is 11.7 Å². The van der Waals surface area contributed by atoms with Gasteiger partial charge in [-0.3, -0.25) is 9.80 Å². The topological polar surface area (TPSA) is 45.0 Å². The van der Waals surface area contributed by atoms with Crippen LogP contribution in [-0.4, -0.2) is 66.9 Å². The molecule has 3 aliphatic rings. The fourth-order valence-electron chi connectivity index (χ4n) is 5.86. The number of aromatic nitrogens is 1. The number of piperidine rings is 1. The minimum atomic E-state index is -0.293. The number of hydrogen-bond donors (Lipinski definition) is 0. The van der Waals surface area contributed by atoms with Gasteiger partial charge in [0.2, 0.25) is 0 Å². The van der Waals surface area contributed by atoms with Crippen molar-refractivity contribution in [3.8, 4) is 5.75 Å². The SMILES string of the molecule is Fc1ccc2c(N3CCN4C[C@H](COc5cccc(CN6CCCC6)c5)CC[C@@H]4C3)noc2c1. The number of anilines is 1. The van der Waals surface area contributed by atoms with Crippen LogP contribution in [0.3, 0.4) is 0 Å². The predicted octanol–water partition coefficient (Wildman–Crippen LogP) is 4.54. The van der Waals surface area contributed by atoms with E-state index in [-0.39, 0.29) is 5.82 Å². The van der Waals surface area contributed by atoms with Crippen molar-refractivity contribution in [2.45, 2.75) is 38.3 Å². The summed E-state index contributed by atoms with van der Waals surface area (Å²) in [4.78, 5) is 7.44. The molecule has 0 radical (unpaired) electrons. The first-order chi connectivity index (χ1) is 16.7. The average Bonchev–Trinajstić information content (AvgIpc) is 3.52. The zero-order valence-electron chi connectivity index (χ0n) is 19.7. The lowest BCUT2D eigenvalue weighted by atomic mass is 9.91. The van der Waals surface area contributed by atoms with Gasteiger partial charge in [0.25, 0.3) is 0 Å². The Balaban J connectivity index is 1.02. The quantitative estimate of drug-likeness (QED) is 0.534. The minimum absolute atomic E-state index is 0.293. The summed E-state index contributed by atoms with van der Waals surface area (Å²) in [5, 5.41) is 5.15. The van der Waals surface area contributed by atoms with Gasteiger partial charge >= 0.3 is 0 Å². The van der Waals surface area contributed by atoms with E-state index in [0.717, 1.165) is 62.7 Å². The monoisotopic (exact) mass is 464 g/mol. The lowest BCUT2D eigenvalue weighted by Gasteiger charge is -2.46. The Kier molecular flexibility index (Phi) is 6.14. The third kappa shape index (κ3) is 4.64. The van der Waals surface area contributed by atoms with Gasteiger partial charge in [-0.2, -0.15) is 0 Å². The van der Waals surface area contributed by atoms with E-state index >= 15 is 0 Å². The molecule has 2 atom stereocenters. The van der Waals surface area contributed by atoms with E-state index in [2.05, 4.69) is 44.1 Å². The van der Waals surface area contributed by atoms with Crippen molar-refractivity contribution < 1.29 is 13.7 Å². The van der Waals surface area contributed by atoms with E-state index in [9.17, 15) is 4.39 Å². The third-order valence-electron chi connectivity index (χ3n) is 7.71. The van der Waals surface area contributed by atoms with Gasteiger partial charge in [-0.25, -0.2) is 4.39 Å². The summed E-state index contributed by atoms with van der Waals surface area (Å²) in [7, 11) is 0. The molecule has 1 aromatic heterocycles. The fourth-order valence-corrected chi connectivity index (χ4v) is 5.86. The molecule has 6 nitrogen and oxygen atoms in total. The first kappa shape index (κ1) is 21.9. The Hall–Kier alpha value is -2.64. The van der Waals surface area contributed by atoms with Crippen molar-refractivity contribution in [3.05, 3.63) is 53.8 Å². The molecule has 34 heavy (non-hydrogen) atoms. The van der Waals surface area contributed by atoms with E-state index in [1.165, 1.54) is 50.0 Å². The van der Waals surface area contributed by atoms with E-state index in [1.54, 1.807) is 6.07 Å². The Labute approximate surface area is 200 Å². The van der Waals surface area contributed by atoms with Crippen LogP contribution in [0.15, 0.2) is 47.0 Å². The maximum atomic E-state index is 13.5.